The lowest BCUT2D eigenvalue weighted by atomic mass is 9.83. The van der Waals surface area contributed by atoms with Crippen LogP contribution in [0.4, 0.5) is 20.2 Å². The molecule has 0 bridgehead atoms. The van der Waals surface area contributed by atoms with Crippen LogP contribution in [-0.4, -0.2) is 46.3 Å². The molecule has 3 aromatic rings. The summed E-state index contributed by atoms with van der Waals surface area (Å²) < 4.78 is 31.2. The van der Waals surface area contributed by atoms with Crippen molar-refractivity contribution in [1.29, 1.82) is 0 Å². The van der Waals surface area contributed by atoms with Crippen LogP contribution in [0.5, 0.6) is 0 Å². The lowest BCUT2D eigenvalue weighted by Crippen LogP contribution is -2.60. The zero-order chi connectivity index (χ0) is 27.8. The van der Waals surface area contributed by atoms with Gasteiger partial charge in [-0.25, -0.2) is 13.6 Å². The maximum atomic E-state index is 15.6. The summed E-state index contributed by atoms with van der Waals surface area (Å²) in [7, 11) is 1.37. The first kappa shape index (κ1) is 27.1. The molecule has 0 fully saturated rings. The van der Waals surface area contributed by atoms with Gasteiger partial charge in [-0.15, -0.1) is 19.7 Å². The molecule has 1 heterocycles. The third-order valence-corrected chi connectivity index (χ3v) is 11.4. The standard InChI is InChI=1S/C31H32F2N2O2Si/c1-7-14-34(4)21-10-12-23-27(18-21)38(6,9-3)28-19-22(35(5)15-8-2)11-13-24(28)29(23)30-25(32)16-20(31(36)37)17-26(30)33/h7-13,16-19,29H,1-3,14-15H2,4-6H3,(H,36,37). The normalized spacial score (nSPS) is 17.7. The highest BCUT2D eigenvalue weighted by Gasteiger charge is 2.43. The fourth-order valence-corrected chi connectivity index (χ4v) is 8.67. The summed E-state index contributed by atoms with van der Waals surface area (Å²) >= 11 is 0. The lowest BCUT2D eigenvalue weighted by molar-refractivity contribution is 0.0695. The number of hydrogen-bond donors (Lipinski definition) is 1. The topological polar surface area (TPSA) is 43.8 Å². The number of carboxylic acid groups (broad SMARTS) is 1. The second kappa shape index (κ2) is 10.4. The number of fused-ring (bicyclic) bond motifs is 2. The van der Waals surface area contributed by atoms with Gasteiger partial charge < -0.3 is 14.9 Å². The maximum Gasteiger partial charge on any atom is 0.335 e. The molecule has 1 aliphatic rings. The number of aromatic carboxylic acids is 1. The molecule has 4 nitrogen and oxygen atoms in total. The fraction of sp³-hybridized carbons (Fsp3) is 0.194. The lowest BCUT2D eigenvalue weighted by Gasteiger charge is -2.40. The van der Waals surface area contributed by atoms with Gasteiger partial charge in [0.05, 0.1) is 5.56 Å². The smallest absolute Gasteiger partial charge is 0.335 e. The molecule has 4 rings (SSSR count). The van der Waals surface area contributed by atoms with Crippen molar-refractivity contribution in [2.24, 2.45) is 0 Å². The molecule has 3 aromatic carbocycles. The van der Waals surface area contributed by atoms with Crippen LogP contribution < -0.4 is 20.2 Å². The highest BCUT2D eigenvalue weighted by Crippen LogP contribution is 2.40. The van der Waals surface area contributed by atoms with Crippen LogP contribution in [-0.2, 0) is 0 Å². The molecule has 1 aliphatic heterocycles. The van der Waals surface area contributed by atoms with Crippen molar-refractivity contribution in [2.45, 2.75) is 12.5 Å². The molecule has 1 N–H and O–H groups in total. The molecular weight excluding hydrogens is 498 g/mol. The van der Waals surface area contributed by atoms with E-state index in [1.807, 2.05) is 56.2 Å². The number of likely N-dealkylation sites (N-methyl/N-ethyl adjacent to an activating group) is 2. The van der Waals surface area contributed by atoms with Gasteiger partial charge in [-0.1, -0.05) is 36.5 Å². The second-order valence-electron chi connectivity index (χ2n) is 9.88. The average Bonchev–Trinajstić information content (AvgIpc) is 2.89. The van der Waals surface area contributed by atoms with Crippen LogP contribution in [0.1, 0.15) is 33.0 Å². The highest BCUT2D eigenvalue weighted by atomic mass is 28.3. The average molecular weight is 531 g/mol. The van der Waals surface area contributed by atoms with Crippen molar-refractivity contribution in [3.63, 3.8) is 0 Å². The van der Waals surface area contributed by atoms with Gasteiger partial charge in [0.15, 0.2) is 0 Å². The number of benzene rings is 3. The van der Waals surface area contributed by atoms with E-state index in [0.717, 1.165) is 45.0 Å². The minimum Gasteiger partial charge on any atom is -0.478 e. The van der Waals surface area contributed by atoms with Crippen molar-refractivity contribution in [3.05, 3.63) is 120 Å². The number of nitrogens with zero attached hydrogens (tertiary/aromatic N) is 2. The van der Waals surface area contributed by atoms with E-state index in [4.69, 9.17) is 0 Å². The van der Waals surface area contributed by atoms with Gasteiger partial charge in [-0.2, -0.15) is 0 Å². The third-order valence-electron chi connectivity index (χ3n) is 7.53. The SMILES string of the molecule is C=CCN(C)c1ccc2c(c1)[Si](C)(C=C)c1cc(N(C)CC=C)ccc1C2c1c(F)cc(C(=O)O)cc1F. The zero-order valence-electron chi connectivity index (χ0n) is 22.0. The van der Waals surface area contributed by atoms with E-state index in [2.05, 4.69) is 48.2 Å². The largest absolute Gasteiger partial charge is 0.478 e. The molecule has 196 valence electrons. The highest BCUT2D eigenvalue weighted by molar-refractivity contribution is 7.06. The van der Waals surface area contributed by atoms with Gasteiger partial charge in [-0.3, -0.25) is 0 Å². The second-order valence-corrected chi connectivity index (χ2v) is 13.8. The summed E-state index contributed by atoms with van der Waals surface area (Å²) in [4.78, 5) is 15.6. The number of anilines is 2. The molecule has 0 amide bonds. The zero-order valence-corrected chi connectivity index (χ0v) is 23.0. The first-order chi connectivity index (χ1) is 18.1. The molecule has 0 saturated heterocycles. The van der Waals surface area contributed by atoms with Gasteiger partial charge >= 0.3 is 5.97 Å². The predicted molar refractivity (Wildman–Crippen MR) is 155 cm³/mol. The summed E-state index contributed by atoms with van der Waals surface area (Å²) in [5.74, 6) is -3.89. The first-order valence-electron chi connectivity index (χ1n) is 12.4. The number of carboxylic acids is 1. The molecule has 0 atom stereocenters. The quantitative estimate of drug-likeness (QED) is 0.301. The van der Waals surface area contributed by atoms with Crippen LogP contribution in [0.25, 0.3) is 0 Å². The summed E-state index contributed by atoms with van der Waals surface area (Å²) in [6.07, 6.45) is 3.64. The third kappa shape index (κ3) is 4.47. The molecule has 38 heavy (non-hydrogen) atoms. The Morgan fingerprint density at radius 2 is 1.34 bits per heavy atom. The van der Waals surface area contributed by atoms with E-state index in [1.165, 1.54) is 0 Å². The number of rotatable bonds is 9. The predicted octanol–water partition coefficient (Wildman–Crippen LogP) is 5.32. The van der Waals surface area contributed by atoms with E-state index in [-0.39, 0.29) is 5.56 Å². The Morgan fingerprint density at radius 3 is 1.71 bits per heavy atom. The molecule has 0 saturated carbocycles. The van der Waals surface area contributed by atoms with Crippen molar-refractivity contribution in [1.82, 2.24) is 0 Å². The Bertz CT molecular complexity index is 1360. The van der Waals surface area contributed by atoms with Crippen molar-refractivity contribution >= 4 is 35.8 Å². The first-order valence-corrected chi connectivity index (χ1v) is 14.9. The van der Waals surface area contributed by atoms with Gasteiger partial charge in [0.1, 0.15) is 19.7 Å². The maximum absolute atomic E-state index is 15.6. The van der Waals surface area contributed by atoms with Gasteiger partial charge in [-0.05, 0) is 57.9 Å². The minimum atomic E-state index is -2.57. The molecule has 0 radical (unpaired) electrons. The monoisotopic (exact) mass is 530 g/mol. The van der Waals surface area contributed by atoms with Crippen molar-refractivity contribution in [2.75, 3.05) is 37.0 Å². The van der Waals surface area contributed by atoms with Crippen molar-refractivity contribution < 1.29 is 18.7 Å². The van der Waals surface area contributed by atoms with Crippen LogP contribution >= 0.6 is 0 Å². The van der Waals surface area contributed by atoms with Gasteiger partial charge in [0.2, 0.25) is 0 Å². The van der Waals surface area contributed by atoms with E-state index in [0.29, 0.717) is 13.1 Å². The Morgan fingerprint density at radius 1 is 0.895 bits per heavy atom. The summed E-state index contributed by atoms with van der Waals surface area (Å²) in [5.41, 5.74) is 4.97. The Kier molecular flexibility index (Phi) is 7.42. The Hall–Kier alpha value is -3.97. The summed E-state index contributed by atoms with van der Waals surface area (Å²) in [6.45, 7) is 15.4. The Balaban J connectivity index is 2.06. The van der Waals surface area contributed by atoms with Crippen molar-refractivity contribution in [3.8, 4) is 0 Å². The van der Waals surface area contributed by atoms with E-state index < -0.39 is 37.2 Å². The van der Waals surface area contributed by atoms with Gasteiger partial charge in [0.25, 0.3) is 0 Å². The van der Waals surface area contributed by atoms with E-state index >= 15 is 8.78 Å². The number of halogens is 2. The minimum absolute atomic E-state index is 0.156. The number of carbonyl (C=O) groups is 1. The summed E-state index contributed by atoms with van der Waals surface area (Å²) in [6, 6.07) is 13.8. The number of hydrogen-bond acceptors (Lipinski definition) is 3. The van der Waals surface area contributed by atoms with E-state index in [1.54, 1.807) is 0 Å². The molecule has 0 aliphatic carbocycles. The fourth-order valence-electron chi connectivity index (χ4n) is 5.39. The van der Waals surface area contributed by atoms with E-state index in [9.17, 15) is 9.90 Å². The molecule has 0 spiro atoms. The molecular formula is C31H32F2N2O2Si. The molecule has 7 heteroatoms. The van der Waals surface area contributed by atoms with Gasteiger partial charge in [0, 0.05) is 50.0 Å². The van der Waals surface area contributed by atoms with Crippen LogP contribution in [0.15, 0.2) is 86.1 Å². The molecule has 0 aromatic heterocycles. The van der Waals surface area contributed by atoms with Crippen LogP contribution in [0.2, 0.25) is 6.55 Å². The Labute approximate surface area is 223 Å². The summed E-state index contributed by atoms with van der Waals surface area (Å²) in [5, 5.41) is 11.4. The molecule has 0 unspecified atom stereocenters. The van der Waals surface area contributed by atoms with Crippen LogP contribution in [0.3, 0.4) is 0 Å². The van der Waals surface area contributed by atoms with Crippen LogP contribution in [0, 0.1) is 11.6 Å².